The Labute approximate surface area is 112 Å². The van der Waals surface area contributed by atoms with Gasteiger partial charge in [-0.05, 0) is 32.6 Å². The number of carboxylic acids is 1. The van der Waals surface area contributed by atoms with E-state index in [2.05, 4.69) is 4.98 Å². The highest BCUT2D eigenvalue weighted by atomic mass is 19.1. The smallest absolute Gasteiger partial charge is 0.317 e. The second-order valence-corrected chi connectivity index (χ2v) is 4.78. The molecule has 1 unspecified atom stereocenters. The minimum atomic E-state index is -0.894. The van der Waals surface area contributed by atoms with Gasteiger partial charge in [-0.3, -0.25) is 14.7 Å². The summed E-state index contributed by atoms with van der Waals surface area (Å²) in [6.07, 6.45) is 2.70. The first-order chi connectivity index (χ1) is 8.90. The predicted molar refractivity (Wildman–Crippen MR) is 70.4 cm³/mol. The minimum Gasteiger partial charge on any atom is -0.480 e. The van der Waals surface area contributed by atoms with Crippen LogP contribution < -0.4 is 0 Å². The maximum Gasteiger partial charge on any atom is 0.317 e. The number of hydrogen-bond acceptors (Lipinski definition) is 4. The second-order valence-electron chi connectivity index (χ2n) is 4.78. The van der Waals surface area contributed by atoms with E-state index < -0.39 is 11.8 Å². The van der Waals surface area contributed by atoms with Crippen LogP contribution in [-0.4, -0.2) is 59.6 Å². The Morgan fingerprint density at radius 1 is 1.42 bits per heavy atom. The Kier molecular flexibility index (Phi) is 5.85. The molecule has 0 spiro atoms. The topological polar surface area (TPSA) is 56.7 Å². The Hall–Kier alpha value is -1.53. The van der Waals surface area contributed by atoms with Crippen molar-refractivity contribution in [3.05, 3.63) is 29.8 Å². The maximum atomic E-state index is 13.2. The van der Waals surface area contributed by atoms with Gasteiger partial charge in [0.05, 0.1) is 12.7 Å². The van der Waals surface area contributed by atoms with Gasteiger partial charge in [-0.15, -0.1) is 0 Å². The van der Waals surface area contributed by atoms with Crippen molar-refractivity contribution in [2.45, 2.75) is 13.0 Å². The molecule has 6 heteroatoms. The zero-order chi connectivity index (χ0) is 14.4. The summed E-state index contributed by atoms with van der Waals surface area (Å²) in [5.74, 6) is -1.30. The second kappa shape index (κ2) is 7.16. The van der Waals surface area contributed by atoms with Crippen LogP contribution in [0, 0.1) is 5.82 Å². The summed E-state index contributed by atoms with van der Waals surface area (Å²) in [6, 6.07) is 1.20. The van der Waals surface area contributed by atoms with Gasteiger partial charge >= 0.3 is 5.97 Å². The zero-order valence-corrected chi connectivity index (χ0v) is 11.5. The van der Waals surface area contributed by atoms with E-state index in [0.717, 1.165) is 12.7 Å². The average molecular weight is 269 g/mol. The first-order valence-electron chi connectivity index (χ1n) is 6.11. The number of halogens is 1. The number of carboxylic acid groups (broad SMARTS) is 1. The summed E-state index contributed by atoms with van der Waals surface area (Å²) in [6.45, 7) is 3.11. The summed E-state index contributed by atoms with van der Waals surface area (Å²) >= 11 is 0. The first kappa shape index (κ1) is 15.5. The van der Waals surface area contributed by atoms with Crippen molar-refractivity contribution in [2.24, 2.45) is 0 Å². The van der Waals surface area contributed by atoms with Crippen LogP contribution in [0.5, 0.6) is 0 Å². The van der Waals surface area contributed by atoms with E-state index in [9.17, 15) is 9.18 Å². The molecular formula is C13H20FN3O2. The SMILES string of the molecule is CC(c1cncc(F)c1)N(CCN(C)C)CC(=O)O. The van der Waals surface area contributed by atoms with Crippen molar-refractivity contribution in [2.75, 3.05) is 33.7 Å². The maximum absolute atomic E-state index is 13.2. The number of nitrogens with zero attached hydrogens (tertiary/aromatic N) is 3. The van der Waals surface area contributed by atoms with E-state index in [1.54, 1.807) is 11.1 Å². The fraction of sp³-hybridized carbons (Fsp3) is 0.538. The van der Waals surface area contributed by atoms with Gasteiger partial charge < -0.3 is 10.0 Å². The van der Waals surface area contributed by atoms with Crippen LogP contribution in [0.15, 0.2) is 18.5 Å². The van der Waals surface area contributed by atoms with Crippen LogP contribution in [0.1, 0.15) is 18.5 Å². The number of aromatic nitrogens is 1. The molecule has 1 heterocycles. The van der Waals surface area contributed by atoms with Crippen molar-refractivity contribution in [1.82, 2.24) is 14.8 Å². The molecule has 0 aliphatic heterocycles. The molecule has 1 rings (SSSR count). The lowest BCUT2D eigenvalue weighted by Gasteiger charge is -2.28. The lowest BCUT2D eigenvalue weighted by molar-refractivity contribution is -0.138. The molecule has 19 heavy (non-hydrogen) atoms. The molecular weight excluding hydrogens is 249 g/mol. The largest absolute Gasteiger partial charge is 0.480 e. The average Bonchev–Trinajstić information content (AvgIpc) is 2.33. The third-order valence-electron chi connectivity index (χ3n) is 2.93. The van der Waals surface area contributed by atoms with Gasteiger partial charge in [-0.1, -0.05) is 0 Å². The summed E-state index contributed by atoms with van der Waals surface area (Å²) in [7, 11) is 3.85. The molecule has 5 nitrogen and oxygen atoms in total. The molecule has 0 amide bonds. The molecule has 0 aliphatic rings. The van der Waals surface area contributed by atoms with Crippen LogP contribution in [0.2, 0.25) is 0 Å². The summed E-state index contributed by atoms with van der Waals surface area (Å²) in [5.41, 5.74) is 0.681. The van der Waals surface area contributed by atoms with E-state index in [0.29, 0.717) is 12.1 Å². The number of rotatable bonds is 7. The number of likely N-dealkylation sites (N-methyl/N-ethyl adjacent to an activating group) is 1. The molecule has 0 radical (unpaired) electrons. The van der Waals surface area contributed by atoms with Gasteiger partial charge in [0, 0.05) is 25.3 Å². The predicted octanol–water partition coefficient (Wildman–Crippen LogP) is 1.23. The van der Waals surface area contributed by atoms with Gasteiger partial charge in [0.2, 0.25) is 0 Å². The molecule has 0 fully saturated rings. The van der Waals surface area contributed by atoms with Crippen LogP contribution in [0.4, 0.5) is 4.39 Å². The lowest BCUT2D eigenvalue weighted by Crippen LogP contribution is -2.37. The van der Waals surface area contributed by atoms with Gasteiger partial charge in [0.25, 0.3) is 0 Å². The molecule has 1 aromatic heterocycles. The van der Waals surface area contributed by atoms with Gasteiger partial charge in [-0.25, -0.2) is 4.39 Å². The number of aliphatic carboxylic acids is 1. The first-order valence-corrected chi connectivity index (χ1v) is 6.11. The third-order valence-corrected chi connectivity index (χ3v) is 2.93. The summed E-state index contributed by atoms with van der Waals surface area (Å²) in [4.78, 5) is 18.5. The third kappa shape index (κ3) is 5.32. The Morgan fingerprint density at radius 3 is 2.63 bits per heavy atom. The molecule has 1 aromatic rings. The monoisotopic (exact) mass is 269 g/mol. The number of pyridine rings is 1. The number of carbonyl (C=O) groups is 1. The van der Waals surface area contributed by atoms with E-state index in [4.69, 9.17) is 5.11 Å². The van der Waals surface area contributed by atoms with Gasteiger partial charge in [0.1, 0.15) is 5.82 Å². The van der Waals surface area contributed by atoms with E-state index >= 15 is 0 Å². The highest BCUT2D eigenvalue weighted by molar-refractivity contribution is 5.69. The van der Waals surface area contributed by atoms with Crippen molar-refractivity contribution in [3.8, 4) is 0 Å². The van der Waals surface area contributed by atoms with Crippen molar-refractivity contribution in [3.63, 3.8) is 0 Å². The molecule has 1 atom stereocenters. The molecule has 0 bridgehead atoms. The van der Waals surface area contributed by atoms with Gasteiger partial charge in [0.15, 0.2) is 0 Å². The fourth-order valence-electron chi connectivity index (χ4n) is 1.78. The lowest BCUT2D eigenvalue weighted by atomic mass is 10.1. The van der Waals surface area contributed by atoms with Crippen molar-refractivity contribution < 1.29 is 14.3 Å². The molecule has 0 aromatic carbocycles. The van der Waals surface area contributed by atoms with Crippen molar-refractivity contribution in [1.29, 1.82) is 0 Å². The molecule has 1 N–H and O–H groups in total. The van der Waals surface area contributed by atoms with Gasteiger partial charge in [-0.2, -0.15) is 0 Å². The summed E-state index contributed by atoms with van der Waals surface area (Å²) < 4.78 is 13.2. The van der Waals surface area contributed by atoms with Crippen LogP contribution in [0.25, 0.3) is 0 Å². The number of hydrogen-bond donors (Lipinski definition) is 1. The zero-order valence-electron chi connectivity index (χ0n) is 11.5. The Balaban J connectivity index is 2.80. The molecule has 0 aliphatic carbocycles. The standard InChI is InChI=1S/C13H20FN3O2/c1-10(11-6-12(14)8-15-7-11)17(9-13(18)19)5-4-16(2)3/h6-8,10H,4-5,9H2,1-3H3,(H,18,19). The van der Waals surface area contributed by atoms with E-state index in [1.807, 2.05) is 25.9 Å². The van der Waals surface area contributed by atoms with E-state index in [-0.39, 0.29) is 12.6 Å². The van der Waals surface area contributed by atoms with Crippen LogP contribution in [-0.2, 0) is 4.79 Å². The molecule has 0 saturated heterocycles. The highest BCUT2D eigenvalue weighted by Crippen LogP contribution is 2.19. The highest BCUT2D eigenvalue weighted by Gasteiger charge is 2.19. The Morgan fingerprint density at radius 2 is 2.11 bits per heavy atom. The van der Waals surface area contributed by atoms with Crippen molar-refractivity contribution >= 4 is 5.97 Å². The molecule has 106 valence electrons. The normalized spacial score (nSPS) is 12.9. The van der Waals surface area contributed by atoms with E-state index in [1.165, 1.54) is 6.07 Å². The minimum absolute atomic E-state index is 0.0779. The van der Waals surface area contributed by atoms with Crippen LogP contribution >= 0.6 is 0 Å². The fourth-order valence-corrected chi connectivity index (χ4v) is 1.78. The Bertz CT molecular complexity index is 426. The summed E-state index contributed by atoms with van der Waals surface area (Å²) in [5, 5.41) is 8.95. The molecule has 0 saturated carbocycles. The quantitative estimate of drug-likeness (QED) is 0.807. The van der Waals surface area contributed by atoms with Crippen LogP contribution in [0.3, 0.4) is 0 Å².